The monoisotopic (exact) mass is 295 g/mol. The SMILES string of the molecule is CCOC(=O)N/N=C(\C)c1[nH]c(C)c(C(=O)OCC)c1C. The lowest BCUT2D eigenvalue weighted by molar-refractivity contribution is 0.0525. The van der Waals surface area contributed by atoms with Gasteiger partial charge in [-0.2, -0.15) is 5.10 Å². The van der Waals surface area contributed by atoms with E-state index < -0.39 is 6.09 Å². The summed E-state index contributed by atoms with van der Waals surface area (Å²) in [5.74, 6) is -0.374. The Morgan fingerprint density at radius 2 is 1.81 bits per heavy atom. The van der Waals surface area contributed by atoms with Crippen LogP contribution in [0.25, 0.3) is 0 Å². The van der Waals surface area contributed by atoms with Crippen molar-refractivity contribution in [2.24, 2.45) is 5.10 Å². The molecule has 0 saturated heterocycles. The molecule has 1 aromatic heterocycles. The van der Waals surface area contributed by atoms with E-state index in [0.29, 0.717) is 29.3 Å². The highest BCUT2D eigenvalue weighted by atomic mass is 16.5. The minimum atomic E-state index is -0.622. The summed E-state index contributed by atoms with van der Waals surface area (Å²) in [7, 11) is 0. The Hall–Kier alpha value is -2.31. The maximum absolute atomic E-state index is 11.9. The highest BCUT2D eigenvalue weighted by Crippen LogP contribution is 2.19. The number of carbonyl (C=O) groups is 2. The van der Waals surface area contributed by atoms with E-state index in [1.807, 2.05) is 0 Å². The molecule has 21 heavy (non-hydrogen) atoms. The first-order chi connectivity index (χ1) is 9.92. The van der Waals surface area contributed by atoms with Gasteiger partial charge in [0.1, 0.15) is 0 Å². The van der Waals surface area contributed by atoms with Crippen LogP contribution in [-0.4, -0.2) is 36.0 Å². The topological polar surface area (TPSA) is 92.8 Å². The van der Waals surface area contributed by atoms with Crippen molar-refractivity contribution in [2.75, 3.05) is 13.2 Å². The number of amides is 1. The number of hydrogen-bond donors (Lipinski definition) is 2. The van der Waals surface area contributed by atoms with Gasteiger partial charge in [0, 0.05) is 5.69 Å². The van der Waals surface area contributed by atoms with E-state index in [9.17, 15) is 9.59 Å². The second kappa shape index (κ2) is 7.47. The Balaban J connectivity index is 2.99. The summed E-state index contributed by atoms with van der Waals surface area (Å²) in [6, 6.07) is 0. The number of aryl methyl sites for hydroxylation is 1. The minimum Gasteiger partial charge on any atom is -0.462 e. The minimum absolute atomic E-state index is 0.272. The molecule has 7 heteroatoms. The Kier molecular flexibility index (Phi) is 5.95. The van der Waals surface area contributed by atoms with E-state index in [0.717, 1.165) is 5.56 Å². The van der Waals surface area contributed by atoms with Crippen LogP contribution in [0.5, 0.6) is 0 Å². The average molecular weight is 295 g/mol. The van der Waals surface area contributed by atoms with E-state index in [1.165, 1.54) is 0 Å². The smallest absolute Gasteiger partial charge is 0.427 e. The van der Waals surface area contributed by atoms with Crippen molar-refractivity contribution in [3.63, 3.8) is 0 Å². The Morgan fingerprint density at radius 1 is 1.19 bits per heavy atom. The zero-order valence-corrected chi connectivity index (χ0v) is 13.0. The van der Waals surface area contributed by atoms with Gasteiger partial charge in [-0.25, -0.2) is 15.0 Å². The summed E-state index contributed by atoms with van der Waals surface area (Å²) in [4.78, 5) is 26.2. The molecule has 7 nitrogen and oxygen atoms in total. The number of aromatic amines is 1. The third-order valence-electron chi connectivity index (χ3n) is 2.87. The quantitative estimate of drug-likeness (QED) is 0.495. The van der Waals surface area contributed by atoms with E-state index in [-0.39, 0.29) is 12.6 Å². The maximum Gasteiger partial charge on any atom is 0.427 e. The molecule has 0 aliphatic heterocycles. The summed E-state index contributed by atoms with van der Waals surface area (Å²) in [6.07, 6.45) is -0.622. The molecule has 1 aromatic rings. The molecule has 0 aromatic carbocycles. The number of ether oxygens (including phenoxy) is 2. The number of nitrogens with one attached hydrogen (secondary N) is 2. The fourth-order valence-electron chi connectivity index (χ4n) is 1.97. The summed E-state index contributed by atoms with van der Waals surface area (Å²) < 4.78 is 9.74. The molecule has 1 rings (SSSR count). The fraction of sp³-hybridized carbons (Fsp3) is 0.500. The van der Waals surface area contributed by atoms with Crippen LogP contribution < -0.4 is 5.43 Å². The zero-order chi connectivity index (χ0) is 16.0. The Labute approximate surface area is 123 Å². The lowest BCUT2D eigenvalue weighted by atomic mass is 10.1. The van der Waals surface area contributed by atoms with Crippen molar-refractivity contribution in [2.45, 2.75) is 34.6 Å². The lowest BCUT2D eigenvalue weighted by Gasteiger charge is -2.04. The second-order valence-electron chi connectivity index (χ2n) is 4.37. The molecular weight excluding hydrogens is 274 g/mol. The highest BCUT2D eigenvalue weighted by Gasteiger charge is 2.20. The number of nitrogens with zero attached hydrogens (tertiary/aromatic N) is 1. The lowest BCUT2D eigenvalue weighted by Crippen LogP contribution is -2.20. The van der Waals surface area contributed by atoms with Crippen molar-refractivity contribution >= 4 is 17.8 Å². The summed E-state index contributed by atoms with van der Waals surface area (Å²) in [5.41, 5.74) is 5.43. The van der Waals surface area contributed by atoms with Gasteiger partial charge >= 0.3 is 12.1 Å². The van der Waals surface area contributed by atoms with Gasteiger partial charge in [0.15, 0.2) is 0 Å². The maximum atomic E-state index is 11.9. The Morgan fingerprint density at radius 3 is 2.38 bits per heavy atom. The van der Waals surface area contributed by atoms with Crippen LogP contribution in [0.4, 0.5) is 4.79 Å². The van der Waals surface area contributed by atoms with E-state index >= 15 is 0 Å². The highest BCUT2D eigenvalue weighted by molar-refractivity contribution is 6.03. The first-order valence-corrected chi connectivity index (χ1v) is 6.76. The Bertz CT molecular complexity index is 561. The van der Waals surface area contributed by atoms with Crippen LogP contribution in [0.15, 0.2) is 5.10 Å². The van der Waals surface area contributed by atoms with Crippen LogP contribution in [0.2, 0.25) is 0 Å². The van der Waals surface area contributed by atoms with Gasteiger partial charge < -0.3 is 14.5 Å². The van der Waals surface area contributed by atoms with Gasteiger partial charge in [-0.1, -0.05) is 0 Å². The van der Waals surface area contributed by atoms with Gasteiger partial charge in [-0.3, -0.25) is 0 Å². The molecule has 1 amide bonds. The molecular formula is C14H21N3O4. The molecule has 0 aliphatic rings. The largest absolute Gasteiger partial charge is 0.462 e. The van der Waals surface area contributed by atoms with Gasteiger partial charge in [0.05, 0.1) is 30.2 Å². The number of rotatable bonds is 5. The molecule has 0 spiro atoms. The number of carbonyl (C=O) groups excluding carboxylic acids is 2. The predicted octanol–water partition coefficient (Wildman–Crippen LogP) is 2.28. The predicted molar refractivity (Wildman–Crippen MR) is 78.6 cm³/mol. The number of aromatic nitrogens is 1. The molecule has 0 atom stereocenters. The van der Waals surface area contributed by atoms with Crippen LogP contribution >= 0.6 is 0 Å². The molecule has 0 unspecified atom stereocenters. The van der Waals surface area contributed by atoms with Gasteiger partial charge in [-0.15, -0.1) is 0 Å². The van der Waals surface area contributed by atoms with Crippen molar-refractivity contribution in [1.29, 1.82) is 0 Å². The number of esters is 1. The fourth-order valence-corrected chi connectivity index (χ4v) is 1.97. The molecule has 1 heterocycles. The normalized spacial score (nSPS) is 11.2. The summed E-state index contributed by atoms with van der Waals surface area (Å²) in [6.45, 7) is 9.36. The third kappa shape index (κ3) is 4.08. The molecule has 0 aliphatic carbocycles. The van der Waals surface area contributed by atoms with Crippen molar-refractivity contribution in [3.05, 3.63) is 22.5 Å². The van der Waals surface area contributed by atoms with Crippen molar-refractivity contribution in [1.82, 2.24) is 10.4 Å². The van der Waals surface area contributed by atoms with E-state index in [2.05, 4.69) is 15.5 Å². The van der Waals surface area contributed by atoms with Gasteiger partial charge in [-0.05, 0) is 40.2 Å². The molecule has 0 saturated carbocycles. The van der Waals surface area contributed by atoms with Crippen LogP contribution in [0.3, 0.4) is 0 Å². The van der Waals surface area contributed by atoms with Crippen molar-refractivity contribution in [3.8, 4) is 0 Å². The third-order valence-corrected chi connectivity index (χ3v) is 2.87. The summed E-state index contributed by atoms with van der Waals surface area (Å²) >= 11 is 0. The second-order valence-corrected chi connectivity index (χ2v) is 4.37. The van der Waals surface area contributed by atoms with Crippen molar-refractivity contribution < 1.29 is 19.1 Å². The van der Waals surface area contributed by atoms with Crippen LogP contribution in [-0.2, 0) is 9.47 Å². The van der Waals surface area contributed by atoms with Gasteiger partial charge in [0.25, 0.3) is 0 Å². The van der Waals surface area contributed by atoms with Gasteiger partial charge in [0.2, 0.25) is 0 Å². The zero-order valence-electron chi connectivity index (χ0n) is 13.0. The van der Waals surface area contributed by atoms with E-state index in [1.54, 1.807) is 34.6 Å². The number of H-pyrrole nitrogens is 1. The van der Waals surface area contributed by atoms with Crippen LogP contribution in [0, 0.1) is 13.8 Å². The number of hydrazone groups is 1. The molecule has 0 bridgehead atoms. The molecule has 0 fully saturated rings. The average Bonchev–Trinajstić information content (AvgIpc) is 2.72. The first kappa shape index (κ1) is 16.7. The summed E-state index contributed by atoms with van der Waals surface area (Å²) in [5, 5.41) is 3.94. The molecule has 2 N–H and O–H groups in total. The first-order valence-electron chi connectivity index (χ1n) is 6.76. The van der Waals surface area contributed by atoms with E-state index in [4.69, 9.17) is 9.47 Å². The van der Waals surface area contributed by atoms with Crippen LogP contribution in [0.1, 0.15) is 48.1 Å². The standard InChI is InChI=1S/C14H21N3O4/c1-6-20-13(18)11-8(3)12(15-9(11)4)10(5)16-17-14(19)21-7-2/h15H,6-7H2,1-5H3,(H,17,19)/b16-10+. The molecule has 0 radical (unpaired) electrons. The number of hydrogen-bond acceptors (Lipinski definition) is 5. The molecule has 116 valence electrons.